The van der Waals surface area contributed by atoms with Gasteiger partial charge in [-0.3, -0.25) is 14.4 Å². The van der Waals surface area contributed by atoms with Gasteiger partial charge >= 0.3 is 6.36 Å². The average molecular weight is 961 g/mol. The lowest BCUT2D eigenvalue weighted by atomic mass is 10.0. The zero-order valence-corrected chi connectivity index (χ0v) is 40.1. The first-order valence-electron chi connectivity index (χ1n) is 23.2. The van der Waals surface area contributed by atoms with Crippen LogP contribution in [0.25, 0.3) is 33.8 Å². The number of nitrogens with two attached hydrogens (primary N) is 3. The standard InChI is InChI=1S/C17H17F3N4O2.C17H20N4O.C17H22N4O/c18-17(19,20)26-14-7-3-2-6-11(14)12-10-13(15(21)25)23-16(22-12)24-8-4-1-5-9-24;1-12-6-5-7-13(10-12)14-11-15(16(18)22)20-17(19-14)21-8-3-2-4-9-21;1-5-21(6-2)17-19-14(10-15(20-17)16(18)22)13-9-7-8-11(3)12(13)4/h2-3,6-7,10H,1,4-5,8-9H2,(H2,21,25);5-7,10-11H,2-4,8-9H2,1H3,(H2,18,22);7-10H,5-6H2,1-4H3,(H2,18,22). The van der Waals surface area contributed by atoms with Crippen molar-refractivity contribution < 1.29 is 32.3 Å². The number of para-hydroxylation sites is 1. The molecule has 6 N–H and O–H groups in total. The molecule has 0 bridgehead atoms. The molecule has 8 rings (SSSR count). The summed E-state index contributed by atoms with van der Waals surface area (Å²) >= 11 is 0. The molecule has 5 heterocycles. The fourth-order valence-electron chi connectivity index (χ4n) is 7.95. The van der Waals surface area contributed by atoms with Crippen molar-refractivity contribution in [2.24, 2.45) is 17.2 Å². The van der Waals surface area contributed by atoms with Crippen molar-refractivity contribution in [2.75, 3.05) is 54.0 Å². The molecule has 19 heteroatoms. The van der Waals surface area contributed by atoms with Crippen LogP contribution in [0.4, 0.5) is 31.0 Å². The van der Waals surface area contributed by atoms with Crippen LogP contribution in [0.5, 0.6) is 5.75 Å². The van der Waals surface area contributed by atoms with Gasteiger partial charge in [-0.25, -0.2) is 29.9 Å². The molecule has 2 aliphatic rings. The Labute approximate surface area is 405 Å². The number of rotatable bonds is 12. The second-order valence-electron chi connectivity index (χ2n) is 16.8. The molecule has 368 valence electrons. The fraction of sp³-hybridized carbons (Fsp3) is 0.353. The van der Waals surface area contributed by atoms with Crippen LogP contribution in [0.15, 0.2) is 84.9 Å². The van der Waals surface area contributed by atoms with E-state index in [1.807, 2.05) is 73.9 Å². The lowest BCUT2D eigenvalue weighted by Gasteiger charge is -2.27. The minimum absolute atomic E-state index is 0.0580. The number of carbonyl (C=O) groups excluding carboxylic acids is 3. The molecule has 0 radical (unpaired) electrons. The highest BCUT2D eigenvalue weighted by Gasteiger charge is 2.32. The van der Waals surface area contributed by atoms with Gasteiger partial charge < -0.3 is 36.6 Å². The molecule has 0 atom stereocenters. The quantitative estimate of drug-likeness (QED) is 0.105. The van der Waals surface area contributed by atoms with Gasteiger partial charge in [-0.15, -0.1) is 13.2 Å². The summed E-state index contributed by atoms with van der Waals surface area (Å²) in [6.07, 6.45) is 1.64. The number of anilines is 3. The van der Waals surface area contributed by atoms with Crippen LogP contribution in [-0.2, 0) is 0 Å². The summed E-state index contributed by atoms with van der Waals surface area (Å²) in [6, 6.07) is 24.3. The highest BCUT2D eigenvalue weighted by atomic mass is 19.4. The molecule has 3 aromatic carbocycles. The van der Waals surface area contributed by atoms with Gasteiger partial charge in [0.15, 0.2) is 0 Å². The molecule has 2 saturated heterocycles. The number of amides is 3. The van der Waals surface area contributed by atoms with E-state index in [0.717, 1.165) is 91.9 Å². The second kappa shape index (κ2) is 23.5. The van der Waals surface area contributed by atoms with Crippen molar-refractivity contribution in [2.45, 2.75) is 79.5 Å². The van der Waals surface area contributed by atoms with E-state index in [1.54, 1.807) is 18.2 Å². The molecule has 16 nitrogen and oxygen atoms in total. The number of piperidine rings is 2. The van der Waals surface area contributed by atoms with Crippen LogP contribution in [0.1, 0.15) is 101 Å². The van der Waals surface area contributed by atoms with E-state index in [4.69, 9.17) is 17.2 Å². The lowest BCUT2D eigenvalue weighted by Crippen LogP contribution is -2.31. The Bertz CT molecular complexity index is 2790. The summed E-state index contributed by atoms with van der Waals surface area (Å²) in [4.78, 5) is 67.3. The molecule has 0 unspecified atom stereocenters. The first-order chi connectivity index (χ1) is 33.4. The zero-order chi connectivity index (χ0) is 50.5. The monoisotopic (exact) mass is 960 g/mol. The number of aryl methyl sites for hydroxylation is 2. The maximum Gasteiger partial charge on any atom is 0.573 e. The first kappa shape index (κ1) is 51.7. The largest absolute Gasteiger partial charge is 0.573 e. The third-order valence-electron chi connectivity index (χ3n) is 11.8. The van der Waals surface area contributed by atoms with E-state index >= 15 is 0 Å². The van der Waals surface area contributed by atoms with E-state index in [9.17, 15) is 27.6 Å². The second-order valence-corrected chi connectivity index (χ2v) is 16.8. The number of benzene rings is 3. The summed E-state index contributed by atoms with van der Waals surface area (Å²) in [5, 5.41) is 0. The summed E-state index contributed by atoms with van der Waals surface area (Å²) in [7, 11) is 0. The molecule has 0 spiro atoms. The highest BCUT2D eigenvalue weighted by molar-refractivity contribution is 5.93. The zero-order valence-electron chi connectivity index (χ0n) is 40.1. The van der Waals surface area contributed by atoms with E-state index in [1.165, 1.54) is 36.2 Å². The number of aromatic nitrogens is 6. The van der Waals surface area contributed by atoms with Crippen LogP contribution < -0.4 is 36.6 Å². The molecule has 3 amide bonds. The number of hydrogen-bond donors (Lipinski definition) is 3. The fourth-order valence-corrected chi connectivity index (χ4v) is 7.95. The molecule has 0 aliphatic carbocycles. The van der Waals surface area contributed by atoms with Gasteiger partial charge in [-0.05, 0) is 121 Å². The topological polar surface area (TPSA) is 226 Å². The number of hydrogen-bond acceptors (Lipinski definition) is 13. The maximum absolute atomic E-state index is 12.7. The van der Waals surface area contributed by atoms with E-state index in [2.05, 4.69) is 52.5 Å². The van der Waals surface area contributed by atoms with Gasteiger partial charge in [0.25, 0.3) is 17.7 Å². The smallest absolute Gasteiger partial charge is 0.405 e. The highest BCUT2D eigenvalue weighted by Crippen LogP contribution is 2.34. The normalized spacial score (nSPS) is 13.5. The van der Waals surface area contributed by atoms with Gasteiger partial charge in [0.05, 0.1) is 17.1 Å². The number of halogens is 3. The number of carbonyl (C=O) groups is 3. The first-order valence-corrected chi connectivity index (χ1v) is 23.2. The maximum atomic E-state index is 12.7. The van der Waals surface area contributed by atoms with Crippen molar-refractivity contribution >= 4 is 35.6 Å². The van der Waals surface area contributed by atoms with Crippen LogP contribution in [0, 0.1) is 20.8 Å². The number of primary amides is 3. The van der Waals surface area contributed by atoms with Crippen molar-refractivity contribution in [3.63, 3.8) is 0 Å². The molecule has 6 aromatic rings. The minimum Gasteiger partial charge on any atom is -0.405 e. The van der Waals surface area contributed by atoms with Crippen molar-refractivity contribution in [3.05, 3.63) is 119 Å². The Morgan fingerprint density at radius 3 is 1.60 bits per heavy atom. The van der Waals surface area contributed by atoms with Gasteiger partial charge in [-0.2, -0.15) is 0 Å². The Hall–Kier alpha value is -7.70. The van der Waals surface area contributed by atoms with Crippen molar-refractivity contribution in [3.8, 4) is 39.5 Å². The Morgan fingerprint density at radius 1 is 0.586 bits per heavy atom. The van der Waals surface area contributed by atoms with Gasteiger partial charge in [-0.1, -0.05) is 54.1 Å². The molecule has 3 aromatic heterocycles. The SMILES string of the molecule is CCN(CC)c1nc(C(N)=O)cc(-c2cccc(C)c2C)n1.Cc1cccc(-c2cc(C(N)=O)nc(N3CCCCC3)n2)c1.NC(=O)c1cc(-c2ccccc2OC(F)(F)F)nc(N2CCCCC2)n1. The molecule has 0 saturated carbocycles. The third kappa shape index (κ3) is 13.7. The molecular formula is C51H59F3N12O4. The number of ether oxygens (including phenoxy) is 1. The van der Waals surface area contributed by atoms with Crippen molar-refractivity contribution in [1.29, 1.82) is 0 Å². The lowest BCUT2D eigenvalue weighted by molar-refractivity contribution is -0.274. The average Bonchev–Trinajstić information content (AvgIpc) is 3.35. The van der Waals surface area contributed by atoms with E-state index in [-0.39, 0.29) is 34.3 Å². The molecule has 70 heavy (non-hydrogen) atoms. The van der Waals surface area contributed by atoms with E-state index < -0.39 is 29.8 Å². The van der Waals surface area contributed by atoms with Crippen LogP contribution >= 0.6 is 0 Å². The number of nitrogens with zero attached hydrogens (tertiary/aromatic N) is 9. The van der Waals surface area contributed by atoms with Gasteiger partial charge in [0, 0.05) is 56.0 Å². The van der Waals surface area contributed by atoms with Gasteiger partial charge in [0.2, 0.25) is 17.8 Å². The molecule has 2 fully saturated rings. The van der Waals surface area contributed by atoms with Crippen LogP contribution in [0.2, 0.25) is 0 Å². The number of alkyl halides is 3. The molecular weight excluding hydrogens is 902 g/mol. The summed E-state index contributed by atoms with van der Waals surface area (Å²) in [5.41, 5.74) is 23.8. The van der Waals surface area contributed by atoms with Crippen LogP contribution in [0.3, 0.4) is 0 Å². The Balaban J connectivity index is 0.000000173. The Kier molecular flexibility index (Phi) is 17.4. The third-order valence-corrected chi connectivity index (χ3v) is 11.8. The van der Waals surface area contributed by atoms with Crippen LogP contribution in [-0.4, -0.2) is 93.3 Å². The van der Waals surface area contributed by atoms with Gasteiger partial charge in [0.1, 0.15) is 22.8 Å². The predicted octanol–water partition coefficient (Wildman–Crippen LogP) is 8.38. The Morgan fingerprint density at radius 2 is 1.07 bits per heavy atom. The minimum atomic E-state index is -4.84. The summed E-state index contributed by atoms with van der Waals surface area (Å²) in [5.74, 6) is -0.820. The van der Waals surface area contributed by atoms with E-state index in [0.29, 0.717) is 25.0 Å². The van der Waals surface area contributed by atoms with Crippen molar-refractivity contribution in [1.82, 2.24) is 29.9 Å². The molecule has 2 aliphatic heterocycles. The predicted molar refractivity (Wildman–Crippen MR) is 265 cm³/mol. The summed E-state index contributed by atoms with van der Waals surface area (Å²) in [6.45, 7) is 15.0. The summed E-state index contributed by atoms with van der Waals surface area (Å²) < 4.78 is 42.1.